The van der Waals surface area contributed by atoms with Crippen LogP contribution in [0.4, 0.5) is 10.7 Å². The van der Waals surface area contributed by atoms with E-state index in [1.54, 1.807) is 0 Å². The van der Waals surface area contributed by atoms with Crippen LogP contribution in [0, 0.1) is 0 Å². The Morgan fingerprint density at radius 2 is 2.38 bits per heavy atom. The van der Waals surface area contributed by atoms with Gasteiger partial charge >= 0.3 is 0 Å². The van der Waals surface area contributed by atoms with Crippen LogP contribution in [-0.4, -0.2) is 19.0 Å². The van der Waals surface area contributed by atoms with E-state index in [0.29, 0.717) is 17.1 Å². The van der Waals surface area contributed by atoms with E-state index in [1.165, 1.54) is 21.8 Å². The summed E-state index contributed by atoms with van der Waals surface area (Å²) >= 11 is 3.33. The second kappa shape index (κ2) is 6.07. The van der Waals surface area contributed by atoms with Crippen molar-refractivity contribution in [1.82, 2.24) is 5.32 Å². The number of rotatable bonds is 4. The predicted molar refractivity (Wildman–Crippen MR) is 90.4 cm³/mol. The van der Waals surface area contributed by atoms with Crippen molar-refractivity contribution in [3.63, 3.8) is 0 Å². The molecule has 112 valence electrons. The van der Waals surface area contributed by atoms with Crippen LogP contribution in [0.1, 0.15) is 33.5 Å². The average molecular weight is 321 g/mol. The topological polar surface area (TPSA) is 58.4 Å². The van der Waals surface area contributed by atoms with E-state index >= 15 is 0 Å². The first-order valence-electron chi connectivity index (χ1n) is 7.16. The van der Waals surface area contributed by atoms with E-state index in [1.807, 2.05) is 24.3 Å². The fraction of sp³-hybridized carbons (Fsp3) is 0.400. The molecule has 0 unspecified atom stereocenters. The van der Waals surface area contributed by atoms with Crippen LogP contribution < -0.4 is 16.0 Å². The van der Waals surface area contributed by atoms with Crippen LogP contribution in [0.15, 0.2) is 17.5 Å². The number of fused-ring (bicyclic) bond motifs is 1. The molecule has 2 aromatic heterocycles. The van der Waals surface area contributed by atoms with Gasteiger partial charge in [-0.2, -0.15) is 0 Å². The molecule has 3 rings (SSSR count). The third kappa shape index (κ3) is 2.91. The lowest BCUT2D eigenvalue weighted by Gasteiger charge is -2.27. The van der Waals surface area contributed by atoms with Gasteiger partial charge in [0.15, 0.2) is 0 Å². The molecule has 3 heterocycles. The van der Waals surface area contributed by atoms with E-state index < -0.39 is 0 Å². The number of nitrogens with one attached hydrogen (secondary N) is 1. The molecule has 1 aliphatic rings. The van der Waals surface area contributed by atoms with E-state index in [0.717, 1.165) is 30.9 Å². The SMILES string of the molecule is CCCNC(=O)c1sc(N2CCc3sccc3C2)cc1N. The number of anilines is 2. The maximum Gasteiger partial charge on any atom is 0.263 e. The number of nitrogens with zero attached hydrogens (tertiary/aromatic N) is 1. The van der Waals surface area contributed by atoms with E-state index in [9.17, 15) is 4.79 Å². The standard InChI is InChI=1S/C15H19N3OS2/c1-2-5-17-15(19)14-11(16)8-13(21-14)18-6-3-12-10(9-18)4-7-20-12/h4,7-8H,2-3,5-6,9,16H2,1H3,(H,17,19). The monoisotopic (exact) mass is 321 g/mol. The Labute approximate surface area is 132 Å². The molecular formula is C15H19N3OS2. The lowest BCUT2D eigenvalue weighted by atomic mass is 10.1. The Bertz CT molecular complexity index is 647. The molecule has 6 heteroatoms. The lowest BCUT2D eigenvalue weighted by molar-refractivity contribution is 0.0958. The van der Waals surface area contributed by atoms with Crippen molar-refractivity contribution in [3.8, 4) is 0 Å². The Kier molecular flexibility index (Phi) is 4.17. The van der Waals surface area contributed by atoms with Crippen LogP contribution in [0.3, 0.4) is 0 Å². The average Bonchev–Trinajstić information content (AvgIpc) is 3.10. The van der Waals surface area contributed by atoms with Gasteiger partial charge in [-0.15, -0.1) is 22.7 Å². The number of hydrogen-bond acceptors (Lipinski definition) is 5. The van der Waals surface area contributed by atoms with Gasteiger partial charge < -0.3 is 16.0 Å². The number of nitrogens with two attached hydrogens (primary N) is 1. The molecular weight excluding hydrogens is 302 g/mol. The van der Waals surface area contributed by atoms with Crippen molar-refractivity contribution in [2.75, 3.05) is 23.7 Å². The molecule has 0 radical (unpaired) electrons. The number of amides is 1. The van der Waals surface area contributed by atoms with Crippen LogP contribution in [-0.2, 0) is 13.0 Å². The van der Waals surface area contributed by atoms with E-state index in [2.05, 4.69) is 21.7 Å². The minimum atomic E-state index is -0.0566. The molecule has 0 atom stereocenters. The molecule has 0 fully saturated rings. The molecule has 1 amide bonds. The highest BCUT2D eigenvalue weighted by Crippen LogP contribution is 2.35. The van der Waals surface area contributed by atoms with Gasteiger partial charge in [0.2, 0.25) is 0 Å². The maximum absolute atomic E-state index is 12.1. The Morgan fingerprint density at radius 3 is 3.19 bits per heavy atom. The number of carbonyl (C=O) groups is 1. The number of nitrogen functional groups attached to an aromatic ring is 1. The van der Waals surface area contributed by atoms with Gasteiger partial charge in [0.05, 0.1) is 10.7 Å². The summed E-state index contributed by atoms with van der Waals surface area (Å²) in [5.41, 5.74) is 8.00. The summed E-state index contributed by atoms with van der Waals surface area (Å²) in [6, 6.07) is 4.13. The first-order chi connectivity index (χ1) is 10.2. The van der Waals surface area contributed by atoms with Gasteiger partial charge in [0, 0.05) is 24.5 Å². The summed E-state index contributed by atoms with van der Waals surface area (Å²) in [5.74, 6) is -0.0566. The first-order valence-corrected chi connectivity index (χ1v) is 8.86. The summed E-state index contributed by atoms with van der Waals surface area (Å²) in [6.45, 7) is 4.63. The highest BCUT2D eigenvalue weighted by Gasteiger charge is 2.21. The largest absolute Gasteiger partial charge is 0.397 e. The van der Waals surface area contributed by atoms with E-state index in [4.69, 9.17) is 5.73 Å². The Morgan fingerprint density at radius 1 is 1.52 bits per heavy atom. The Balaban J connectivity index is 1.77. The number of thiophene rings is 2. The van der Waals surface area contributed by atoms with Gasteiger partial charge in [-0.05, 0) is 35.9 Å². The van der Waals surface area contributed by atoms with Crippen molar-refractivity contribution in [2.24, 2.45) is 0 Å². The predicted octanol–water partition coefficient (Wildman–Crippen LogP) is 3.09. The Hall–Kier alpha value is -1.53. The van der Waals surface area contributed by atoms with Gasteiger partial charge in [-0.25, -0.2) is 0 Å². The van der Waals surface area contributed by atoms with Crippen molar-refractivity contribution in [2.45, 2.75) is 26.3 Å². The molecule has 21 heavy (non-hydrogen) atoms. The third-order valence-electron chi connectivity index (χ3n) is 3.61. The van der Waals surface area contributed by atoms with Crippen molar-refractivity contribution in [1.29, 1.82) is 0 Å². The minimum Gasteiger partial charge on any atom is -0.397 e. The summed E-state index contributed by atoms with van der Waals surface area (Å²) in [5, 5.41) is 6.13. The van der Waals surface area contributed by atoms with Gasteiger partial charge in [0.25, 0.3) is 5.91 Å². The summed E-state index contributed by atoms with van der Waals surface area (Å²) in [7, 11) is 0. The maximum atomic E-state index is 12.1. The van der Waals surface area contributed by atoms with E-state index in [-0.39, 0.29) is 5.91 Å². The van der Waals surface area contributed by atoms with Crippen LogP contribution >= 0.6 is 22.7 Å². The fourth-order valence-corrected chi connectivity index (χ4v) is 4.39. The molecule has 0 aliphatic carbocycles. The minimum absolute atomic E-state index is 0.0566. The molecule has 4 nitrogen and oxygen atoms in total. The summed E-state index contributed by atoms with van der Waals surface area (Å²) in [4.78, 5) is 16.5. The van der Waals surface area contributed by atoms with Gasteiger partial charge in [-0.1, -0.05) is 6.92 Å². The number of hydrogen-bond donors (Lipinski definition) is 2. The normalized spacial score (nSPS) is 14.0. The van der Waals surface area contributed by atoms with Gasteiger partial charge in [0.1, 0.15) is 4.88 Å². The second-order valence-electron chi connectivity index (χ2n) is 5.17. The third-order valence-corrected chi connectivity index (χ3v) is 5.84. The van der Waals surface area contributed by atoms with Gasteiger partial charge in [-0.3, -0.25) is 4.79 Å². The molecule has 1 aliphatic heterocycles. The molecule has 0 saturated heterocycles. The van der Waals surface area contributed by atoms with Crippen molar-refractivity contribution >= 4 is 39.3 Å². The molecule has 0 aromatic carbocycles. The van der Waals surface area contributed by atoms with Crippen LogP contribution in [0.25, 0.3) is 0 Å². The second-order valence-corrected chi connectivity index (χ2v) is 7.20. The highest BCUT2D eigenvalue weighted by molar-refractivity contribution is 7.18. The first kappa shape index (κ1) is 14.4. The van der Waals surface area contributed by atoms with Crippen molar-refractivity contribution in [3.05, 3.63) is 32.8 Å². The molecule has 0 bridgehead atoms. The quantitative estimate of drug-likeness (QED) is 0.910. The zero-order valence-electron chi connectivity index (χ0n) is 12.0. The zero-order valence-corrected chi connectivity index (χ0v) is 13.6. The highest BCUT2D eigenvalue weighted by atomic mass is 32.1. The summed E-state index contributed by atoms with van der Waals surface area (Å²) in [6.07, 6.45) is 2.00. The zero-order chi connectivity index (χ0) is 14.8. The number of carbonyl (C=O) groups excluding carboxylic acids is 1. The lowest BCUT2D eigenvalue weighted by Crippen LogP contribution is -2.28. The van der Waals surface area contributed by atoms with Crippen LogP contribution in [0.2, 0.25) is 0 Å². The molecule has 0 saturated carbocycles. The molecule has 2 aromatic rings. The summed E-state index contributed by atoms with van der Waals surface area (Å²) < 4.78 is 0. The van der Waals surface area contributed by atoms with Crippen molar-refractivity contribution < 1.29 is 4.79 Å². The smallest absolute Gasteiger partial charge is 0.263 e. The fourth-order valence-electron chi connectivity index (χ4n) is 2.48. The molecule has 0 spiro atoms. The molecule has 3 N–H and O–H groups in total. The van der Waals surface area contributed by atoms with Crippen LogP contribution in [0.5, 0.6) is 0 Å².